The minimum absolute atomic E-state index is 0.309. The van der Waals surface area contributed by atoms with Gasteiger partial charge in [0.1, 0.15) is 30.5 Å². The number of nitrogens with two attached hydrogens (primary N) is 1. The molecular formula is C16H17BrFNO2. The van der Waals surface area contributed by atoms with Crippen LogP contribution in [0.5, 0.6) is 11.5 Å². The molecule has 0 aliphatic heterocycles. The lowest BCUT2D eigenvalue weighted by atomic mass is 10.1. The van der Waals surface area contributed by atoms with Gasteiger partial charge in [-0.1, -0.05) is 12.1 Å². The maximum atomic E-state index is 13.1. The minimum atomic E-state index is -0.309. The molecule has 0 amide bonds. The van der Waals surface area contributed by atoms with Crippen molar-refractivity contribution in [3.8, 4) is 11.5 Å². The number of halogens is 2. The first-order chi connectivity index (χ1) is 10.2. The normalized spacial score (nSPS) is 10.4. The fourth-order valence-electron chi connectivity index (χ4n) is 1.80. The van der Waals surface area contributed by atoms with Crippen LogP contribution >= 0.6 is 15.9 Å². The molecule has 0 saturated carbocycles. The summed E-state index contributed by atoms with van der Waals surface area (Å²) in [6.45, 7) is 1.45. The molecule has 5 heteroatoms. The third-order valence-corrected chi connectivity index (χ3v) is 3.48. The molecule has 2 aromatic rings. The van der Waals surface area contributed by atoms with Gasteiger partial charge in [-0.2, -0.15) is 0 Å². The van der Waals surface area contributed by atoms with Crippen LogP contribution < -0.4 is 15.2 Å². The summed E-state index contributed by atoms with van der Waals surface area (Å²) >= 11 is 3.12. The minimum Gasteiger partial charge on any atom is -0.490 e. The monoisotopic (exact) mass is 353 g/mol. The van der Waals surface area contributed by atoms with E-state index in [1.54, 1.807) is 12.1 Å². The molecular weight excluding hydrogens is 337 g/mol. The van der Waals surface area contributed by atoms with E-state index in [4.69, 9.17) is 15.2 Å². The van der Waals surface area contributed by atoms with Crippen LogP contribution in [-0.2, 0) is 6.42 Å². The Kier molecular flexibility index (Phi) is 6.02. The molecule has 0 spiro atoms. The molecule has 0 bridgehead atoms. The number of hydrogen-bond donors (Lipinski definition) is 1. The van der Waals surface area contributed by atoms with Crippen molar-refractivity contribution in [2.75, 3.05) is 19.8 Å². The molecule has 0 aliphatic rings. The predicted molar refractivity (Wildman–Crippen MR) is 84.3 cm³/mol. The summed E-state index contributed by atoms with van der Waals surface area (Å²) in [5.74, 6) is 1.08. The Morgan fingerprint density at radius 2 is 1.57 bits per heavy atom. The van der Waals surface area contributed by atoms with Crippen LogP contribution in [0.2, 0.25) is 0 Å². The zero-order valence-electron chi connectivity index (χ0n) is 11.5. The molecule has 21 heavy (non-hydrogen) atoms. The highest BCUT2D eigenvalue weighted by molar-refractivity contribution is 9.10. The van der Waals surface area contributed by atoms with Crippen LogP contribution in [0.3, 0.4) is 0 Å². The summed E-state index contributed by atoms with van der Waals surface area (Å²) in [5.41, 5.74) is 6.69. The average molecular weight is 354 g/mol. The van der Waals surface area contributed by atoms with Crippen molar-refractivity contribution < 1.29 is 13.9 Å². The molecule has 0 atom stereocenters. The first-order valence-electron chi connectivity index (χ1n) is 6.68. The standard InChI is InChI=1S/C16H17BrFNO2/c17-15-11-14(5-6-16(15)18)21-10-9-20-13-3-1-12(2-4-13)7-8-19/h1-6,11H,7-10,19H2. The number of rotatable bonds is 7. The van der Waals surface area contributed by atoms with Crippen LogP contribution in [0.15, 0.2) is 46.9 Å². The topological polar surface area (TPSA) is 44.5 Å². The molecule has 0 radical (unpaired) electrons. The van der Waals surface area contributed by atoms with Crippen LogP contribution in [0.1, 0.15) is 5.56 Å². The Morgan fingerprint density at radius 1 is 0.952 bits per heavy atom. The summed E-state index contributed by atoms with van der Waals surface area (Å²) in [6.07, 6.45) is 0.864. The van der Waals surface area contributed by atoms with Gasteiger partial charge in [0.05, 0.1) is 4.47 Å². The van der Waals surface area contributed by atoms with Gasteiger partial charge in [-0.15, -0.1) is 0 Å². The second-order valence-electron chi connectivity index (χ2n) is 4.46. The van der Waals surface area contributed by atoms with E-state index in [0.717, 1.165) is 12.2 Å². The summed E-state index contributed by atoms with van der Waals surface area (Å²) in [6, 6.07) is 12.4. The van der Waals surface area contributed by atoms with E-state index >= 15 is 0 Å². The zero-order valence-corrected chi connectivity index (χ0v) is 13.1. The summed E-state index contributed by atoms with van der Waals surface area (Å²) in [4.78, 5) is 0. The first kappa shape index (κ1) is 15.8. The van der Waals surface area contributed by atoms with E-state index in [2.05, 4.69) is 15.9 Å². The van der Waals surface area contributed by atoms with Crippen molar-refractivity contribution >= 4 is 15.9 Å². The van der Waals surface area contributed by atoms with Crippen molar-refractivity contribution in [2.45, 2.75) is 6.42 Å². The molecule has 112 valence electrons. The van der Waals surface area contributed by atoms with Crippen molar-refractivity contribution in [3.05, 3.63) is 58.3 Å². The van der Waals surface area contributed by atoms with E-state index in [9.17, 15) is 4.39 Å². The van der Waals surface area contributed by atoms with Crippen molar-refractivity contribution in [1.82, 2.24) is 0 Å². The Morgan fingerprint density at radius 3 is 2.19 bits per heavy atom. The molecule has 0 aromatic heterocycles. The second kappa shape index (κ2) is 8.00. The first-order valence-corrected chi connectivity index (χ1v) is 7.48. The molecule has 3 nitrogen and oxygen atoms in total. The van der Waals surface area contributed by atoms with E-state index in [-0.39, 0.29) is 5.82 Å². The van der Waals surface area contributed by atoms with Crippen LogP contribution in [0.4, 0.5) is 4.39 Å². The van der Waals surface area contributed by atoms with E-state index in [0.29, 0.717) is 30.0 Å². The molecule has 2 aromatic carbocycles. The highest BCUT2D eigenvalue weighted by Gasteiger charge is 2.01. The lowest BCUT2D eigenvalue weighted by molar-refractivity contribution is 0.217. The maximum Gasteiger partial charge on any atom is 0.137 e. The molecule has 0 aliphatic carbocycles. The fraction of sp³-hybridized carbons (Fsp3) is 0.250. The van der Waals surface area contributed by atoms with E-state index in [1.807, 2.05) is 24.3 Å². The van der Waals surface area contributed by atoms with Gasteiger partial charge >= 0.3 is 0 Å². The smallest absolute Gasteiger partial charge is 0.137 e. The Hall–Kier alpha value is -1.59. The molecule has 2 rings (SSSR count). The molecule has 0 saturated heterocycles. The quantitative estimate of drug-likeness (QED) is 0.774. The SMILES string of the molecule is NCCc1ccc(OCCOc2ccc(F)c(Br)c2)cc1. The van der Waals surface area contributed by atoms with E-state index < -0.39 is 0 Å². The van der Waals surface area contributed by atoms with Gasteiger partial charge in [0.15, 0.2) is 0 Å². The third kappa shape index (κ3) is 5.02. The van der Waals surface area contributed by atoms with Crippen molar-refractivity contribution in [3.63, 3.8) is 0 Å². The van der Waals surface area contributed by atoms with Crippen LogP contribution in [0.25, 0.3) is 0 Å². The van der Waals surface area contributed by atoms with Gasteiger partial charge < -0.3 is 15.2 Å². The van der Waals surface area contributed by atoms with Gasteiger partial charge in [-0.05, 0) is 64.8 Å². The number of benzene rings is 2. The van der Waals surface area contributed by atoms with Gasteiger partial charge in [0.2, 0.25) is 0 Å². The Balaban J connectivity index is 1.75. The Labute approximate surface area is 132 Å². The number of hydrogen-bond acceptors (Lipinski definition) is 3. The molecule has 0 heterocycles. The lowest BCUT2D eigenvalue weighted by Gasteiger charge is -2.09. The predicted octanol–water partition coefficient (Wildman–Crippen LogP) is 3.55. The van der Waals surface area contributed by atoms with Crippen molar-refractivity contribution in [1.29, 1.82) is 0 Å². The van der Waals surface area contributed by atoms with Gasteiger partial charge in [-0.25, -0.2) is 4.39 Å². The second-order valence-corrected chi connectivity index (χ2v) is 5.31. The van der Waals surface area contributed by atoms with Crippen molar-refractivity contribution in [2.24, 2.45) is 5.73 Å². The maximum absolute atomic E-state index is 13.1. The Bertz CT molecular complexity index is 575. The third-order valence-electron chi connectivity index (χ3n) is 2.87. The van der Waals surface area contributed by atoms with Gasteiger partial charge in [0, 0.05) is 0 Å². The summed E-state index contributed by atoms with van der Waals surface area (Å²) in [5, 5.41) is 0. The zero-order chi connectivity index (χ0) is 15.1. The van der Waals surface area contributed by atoms with Gasteiger partial charge in [0.25, 0.3) is 0 Å². The molecule has 0 unspecified atom stereocenters. The van der Waals surface area contributed by atoms with Gasteiger partial charge in [-0.3, -0.25) is 0 Å². The number of ether oxygens (including phenoxy) is 2. The molecule has 2 N–H and O–H groups in total. The van der Waals surface area contributed by atoms with E-state index in [1.165, 1.54) is 11.6 Å². The highest BCUT2D eigenvalue weighted by Crippen LogP contribution is 2.21. The fourth-order valence-corrected chi connectivity index (χ4v) is 2.16. The summed E-state index contributed by atoms with van der Waals surface area (Å²) < 4.78 is 24.5. The van der Waals surface area contributed by atoms with Crippen LogP contribution in [0, 0.1) is 5.82 Å². The average Bonchev–Trinajstić information content (AvgIpc) is 2.49. The highest BCUT2D eigenvalue weighted by atomic mass is 79.9. The molecule has 0 fully saturated rings. The largest absolute Gasteiger partial charge is 0.490 e. The van der Waals surface area contributed by atoms with Crippen LogP contribution in [-0.4, -0.2) is 19.8 Å². The lowest BCUT2D eigenvalue weighted by Crippen LogP contribution is -2.09. The summed E-state index contributed by atoms with van der Waals surface area (Å²) in [7, 11) is 0.